The number of alkyl carbamates (subject to hydrolysis) is 1. The third kappa shape index (κ3) is 8.37. The van der Waals surface area contributed by atoms with E-state index in [0.29, 0.717) is 12.1 Å². The van der Waals surface area contributed by atoms with Crippen LogP contribution in [0.1, 0.15) is 92.6 Å². The molecule has 264 valence electrons. The van der Waals surface area contributed by atoms with Crippen LogP contribution in [-0.4, -0.2) is 87.1 Å². The fraction of sp³-hybridized carbons (Fsp3) is 0.583. The van der Waals surface area contributed by atoms with Gasteiger partial charge in [-0.15, -0.1) is 0 Å². The zero-order valence-electron chi connectivity index (χ0n) is 29.4. The molecule has 4 atom stereocenters. The van der Waals surface area contributed by atoms with Gasteiger partial charge in [0.15, 0.2) is 5.60 Å². The number of likely N-dealkylation sites (tertiary alicyclic amines) is 1. The molecule has 3 aliphatic rings. The maximum absolute atomic E-state index is 14.5. The fourth-order valence-corrected chi connectivity index (χ4v) is 6.32. The van der Waals surface area contributed by atoms with Gasteiger partial charge >= 0.3 is 6.09 Å². The lowest BCUT2D eigenvalue weighted by Crippen LogP contribution is -2.59. The molecule has 0 bridgehead atoms. The Kier molecular flexibility index (Phi) is 10.0. The number of carbonyl (C=O) groups is 5. The molecule has 0 unspecified atom stereocenters. The van der Waals surface area contributed by atoms with E-state index in [1.54, 1.807) is 27.0 Å². The average molecular weight is 677 g/mol. The number of nitrogens with one attached hydrogen (secondary N) is 3. The third-order valence-corrected chi connectivity index (χ3v) is 8.89. The predicted molar refractivity (Wildman–Crippen MR) is 182 cm³/mol. The number of aromatic nitrogens is 1. The summed E-state index contributed by atoms with van der Waals surface area (Å²) in [5.41, 5.74) is -0.470. The van der Waals surface area contributed by atoms with Gasteiger partial charge in [0, 0.05) is 36.0 Å². The minimum Gasteiger partial charge on any atom is -0.444 e. The topological polar surface area (TPSA) is 168 Å². The molecule has 13 heteroatoms. The third-order valence-electron chi connectivity index (χ3n) is 8.89. The zero-order valence-corrected chi connectivity index (χ0v) is 29.4. The van der Waals surface area contributed by atoms with Crippen molar-refractivity contribution in [3.63, 3.8) is 0 Å². The van der Waals surface area contributed by atoms with E-state index in [1.807, 2.05) is 58.0 Å². The Hall–Kier alpha value is -4.55. The summed E-state index contributed by atoms with van der Waals surface area (Å²) in [6.45, 7) is 12.5. The minimum atomic E-state index is -1.09. The number of amides is 4. The van der Waals surface area contributed by atoms with Crippen molar-refractivity contribution in [3.05, 3.63) is 42.1 Å². The van der Waals surface area contributed by atoms with Crippen LogP contribution in [0, 0.1) is 5.41 Å². The minimum absolute atomic E-state index is 0.00769. The van der Waals surface area contributed by atoms with Crippen molar-refractivity contribution in [1.29, 1.82) is 0 Å². The van der Waals surface area contributed by atoms with Crippen molar-refractivity contribution in [2.75, 3.05) is 6.54 Å². The highest BCUT2D eigenvalue weighted by Crippen LogP contribution is 2.40. The number of ketones is 1. The molecule has 13 nitrogen and oxygen atoms in total. The molecule has 1 spiro atoms. The summed E-state index contributed by atoms with van der Waals surface area (Å²) in [6, 6.07) is 6.34. The standard InChI is InChI=1S/C36H48N6O7/c1-8-11-24(28(43)31(45)38-22-15-16-22)39-30(44)26-19-36(18-25(41-49-36)23-14-9-12-21-13-10-17-37-27(21)23)20-42(26)32(46)29(34(2,3)4)40-33(47)48-35(5,6)7/h9-10,12-14,17,22,24,26,29H,8,11,15-16,18-20H2,1-7H3,(H,38,45)(H,39,44)(H,40,47)/t24-,26-,29+,36+/m0/s1. The molecular formula is C36H48N6O7. The zero-order chi connectivity index (χ0) is 35.7. The lowest BCUT2D eigenvalue weighted by molar-refractivity contribution is -0.144. The van der Waals surface area contributed by atoms with E-state index in [4.69, 9.17) is 9.57 Å². The summed E-state index contributed by atoms with van der Waals surface area (Å²) in [4.78, 5) is 79.5. The summed E-state index contributed by atoms with van der Waals surface area (Å²) < 4.78 is 5.48. The Labute approximate surface area is 286 Å². The molecule has 49 heavy (non-hydrogen) atoms. The summed E-state index contributed by atoms with van der Waals surface area (Å²) in [5.74, 6) is -2.56. The molecule has 1 saturated heterocycles. The largest absolute Gasteiger partial charge is 0.444 e. The summed E-state index contributed by atoms with van der Waals surface area (Å²) in [5, 5.41) is 13.6. The van der Waals surface area contributed by atoms with Gasteiger partial charge < -0.3 is 30.4 Å². The Morgan fingerprint density at radius 1 is 1.04 bits per heavy atom. The van der Waals surface area contributed by atoms with Crippen molar-refractivity contribution in [1.82, 2.24) is 25.8 Å². The van der Waals surface area contributed by atoms with Crippen LogP contribution in [0.25, 0.3) is 10.9 Å². The monoisotopic (exact) mass is 676 g/mol. The number of para-hydroxylation sites is 1. The summed E-state index contributed by atoms with van der Waals surface area (Å²) >= 11 is 0. The SMILES string of the molecule is CCC[C@H](NC(=O)[C@@H]1C[C@]2(CC(c3cccc4cccnc34)=NO2)CN1C(=O)[C@@H](NC(=O)OC(C)(C)C)C(C)(C)C)C(=O)C(=O)NC1CC1. The molecule has 4 amide bonds. The van der Waals surface area contributed by atoms with Crippen LogP contribution < -0.4 is 16.0 Å². The highest BCUT2D eigenvalue weighted by atomic mass is 16.7. The van der Waals surface area contributed by atoms with Crippen LogP contribution in [0.15, 0.2) is 41.7 Å². The van der Waals surface area contributed by atoms with Crippen LogP contribution in [0.4, 0.5) is 4.79 Å². The van der Waals surface area contributed by atoms with Crippen LogP contribution in [-0.2, 0) is 28.8 Å². The number of oxime groups is 1. The molecule has 1 saturated carbocycles. The maximum Gasteiger partial charge on any atom is 0.408 e. The van der Waals surface area contributed by atoms with E-state index in [0.717, 1.165) is 29.3 Å². The van der Waals surface area contributed by atoms with Gasteiger partial charge in [-0.3, -0.25) is 24.2 Å². The van der Waals surface area contributed by atoms with Gasteiger partial charge in [-0.2, -0.15) is 0 Å². The van der Waals surface area contributed by atoms with Crippen LogP contribution in [0.5, 0.6) is 0 Å². The second kappa shape index (κ2) is 13.8. The number of carbonyl (C=O) groups excluding carboxylic acids is 5. The van der Waals surface area contributed by atoms with Gasteiger partial charge in [0.05, 0.1) is 23.8 Å². The van der Waals surface area contributed by atoms with Gasteiger partial charge in [0.25, 0.3) is 5.91 Å². The van der Waals surface area contributed by atoms with Gasteiger partial charge in [-0.1, -0.05) is 63.5 Å². The molecule has 2 fully saturated rings. The van der Waals surface area contributed by atoms with Crippen molar-refractivity contribution >= 4 is 46.2 Å². The molecule has 0 radical (unpaired) electrons. The van der Waals surface area contributed by atoms with Crippen LogP contribution in [0.2, 0.25) is 0 Å². The molecule has 1 aromatic carbocycles. The van der Waals surface area contributed by atoms with Gasteiger partial charge in [-0.25, -0.2) is 4.79 Å². The Balaban J connectivity index is 1.44. The number of pyridine rings is 1. The molecule has 5 rings (SSSR count). The van der Waals surface area contributed by atoms with Gasteiger partial charge in [0.1, 0.15) is 17.7 Å². The number of nitrogens with zero attached hydrogens (tertiary/aromatic N) is 3. The average Bonchev–Trinajstić information content (AvgIpc) is 3.62. The molecular weight excluding hydrogens is 628 g/mol. The second-order valence-electron chi connectivity index (χ2n) is 15.5. The first-order chi connectivity index (χ1) is 23.0. The van der Waals surface area contributed by atoms with Crippen molar-refractivity contribution in [2.24, 2.45) is 10.6 Å². The van der Waals surface area contributed by atoms with Gasteiger partial charge in [-0.05, 0) is 51.5 Å². The van der Waals surface area contributed by atoms with E-state index in [1.165, 1.54) is 4.90 Å². The molecule has 3 heterocycles. The Morgan fingerprint density at radius 3 is 2.41 bits per heavy atom. The summed E-state index contributed by atoms with van der Waals surface area (Å²) in [7, 11) is 0. The van der Waals surface area contributed by atoms with Crippen molar-refractivity contribution in [2.45, 2.75) is 122 Å². The van der Waals surface area contributed by atoms with Crippen molar-refractivity contribution in [3.8, 4) is 0 Å². The Morgan fingerprint density at radius 2 is 1.76 bits per heavy atom. The maximum atomic E-state index is 14.5. The number of rotatable bonds is 10. The second-order valence-corrected chi connectivity index (χ2v) is 15.5. The number of hydrogen-bond acceptors (Lipinski definition) is 9. The van der Waals surface area contributed by atoms with Gasteiger partial charge in [0.2, 0.25) is 17.6 Å². The van der Waals surface area contributed by atoms with E-state index in [-0.39, 0.29) is 31.8 Å². The van der Waals surface area contributed by atoms with Crippen LogP contribution >= 0.6 is 0 Å². The Bertz CT molecular complexity index is 1650. The summed E-state index contributed by atoms with van der Waals surface area (Å²) in [6.07, 6.45) is 3.71. The number of Topliss-reactive ketones (excluding diaryl/α,β-unsaturated/α-hetero) is 1. The highest BCUT2D eigenvalue weighted by molar-refractivity contribution is 6.38. The molecule has 3 N–H and O–H groups in total. The van der Waals surface area contributed by atoms with E-state index >= 15 is 0 Å². The number of ether oxygens (including phenoxy) is 1. The first kappa shape index (κ1) is 35.7. The smallest absolute Gasteiger partial charge is 0.408 e. The fourth-order valence-electron chi connectivity index (χ4n) is 6.32. The first-order valence-corrected chi connectivity index (χ1v) is 17.0. The van der Waals surface area contributed by atoms with E-state index in [2.05, 4.69) is 26.1 Å². The lowest BCUT2D eigenvalue weighted by atomic mass is 9.85. The molecule has 2 aromatic rings. The quantitative estimate of drug-likeness (QED) is 0.320. The number of benzene rings is 1. The van der Waals surface area contributed by atoms with E-state index in [9.17, 15) is 24.0 Å². The normalized spacial score (nSPS) is 21.8. The van der Waals surface area contributed by atoms with Crippen LogP contribution in [0.3, 0.4) is 0 Å². The molecule has 1 aliphatic carbocycles. The predicted octanol–water partition coefficient (Wildman–Crippen LogP) is 3.77. The highest BCUT2D eigenvalue weighted by Gasteiger charge is 2.56. The lowest BCUT2D eigenvalue weighted by Gasteiger charge is -2.36. The van der Waals surface area contributed by atoms with Crippen molar-refractivity contribution < 1.29 is 33.5 Å². The number of hydrogen-bond donors (Lipinski definition) is 3. The number of fused-ring (bicyclic) bond motifs is 1. The molecule has 1 aromatic heterocycles. The first-order valence-electron chi connectivity index (χ1n) is 17.0. The van der Waals surface area contributed by atoms with E-state index < -0.39 is 64.3 Å². The molecule has 2 aliphatic heterocycles.